The van der Waals surface area contributed by atoms with Gasteiger partial charge in [-0.3, -0.25) is 0 Å². The Kier molecular flexibility index (Phi) is 2.97. The Morgan fingerprint density at radius 1 is 1.46 bits per heavy atom. The first-order valence-corrected chi connectivity index (χ1v) is 4.53. The number of aryl methyl sites for hydroxylation is 1. The maximum atomic E-state index is 8.90. The highest BCUT2D eigenvalue weighted by molar-refractivity contribution is 5.58. The van der Waals surface area contributed by atoms with E-state index in [-0.39, 0.29) is 0 Å². The van der Waals surface area contributed by atoms with E-state index in [4.69, 9.17) is 5.26 Å². The number of nitriles is 1. The lowest BCUT2D eigenvalue weighted by Gasteiger charge is -2.01. The Hall–Kier alpha value is -1.43. The number of anilines is 1. The van der Waals surface area contributed by atoms with Gasteiger partial charge in [-0.05, 0) is 25.8 Å². The van der Waals surface area contributed by atoms with E-state index >= 15 is 0 Å². The zero-order valence-electron chi connectivity index (χ0n) is 8.36. The first kappa shape index (κ1) is 9.66. The average Bonchev–Trinajstić information content (AvgIpc) is 2.39. The summed E-state index contributed by atoms with van der Waals surface area (Å²) in [6.45, 7) is 6.94. The van der Waals surface area contributed by atoms with E-state index in [1.165, 1.54) is 0 Å². The van der Waals surface area contributed by atoms with Crippen molar-refractivity contribution in [3.8, 4) is 6.07 Å². The van der Waals surface area contributed by atoms with Gasteiger partial charge in [0, 0.05) is 12.2 Å². The molecule has 2 N–H and O–H groups in total. The van der Waals surface area contributed by atoms with Crippen LogP contribution in [-0.2, 0) is 0 Å². The van der Waals surface area contributed by atoms with Crippen molar-refractivity contribution in [2.75, 3.05) is 11.9 Å². The number of hydrogen-bond donors (Lipinski definition) is 2. The van der Waals surface area contributed by atoms with Crippen LogP contribution in [0.4, 0.5) is 5.82 Å². The summed E-state index contributed by atoms with van der Waals surface area (Å²) in [4.78, 5) is 3.17. The standard InChI is InChI=1S/C10H15N3/c1-4-5-12-10-9(6-11)7(2)8(3)13-10/h12-13H,4-5H2,1-3H3. The van der Waals surface area contributed by atoms with Gasteiger partial charge >= 0.3 is 0 Å². The van der Waals surface area contributed by atoms with Crippen LogP contribution in [0.1, 0.15) is 30.2 Å². The van der Waals surface area contributed by atoms with Crippen LogP contribution in [-0.4, -0.2) is 11.5 Å². The summed E-state index contributed by atoms with van der Waals surface area (Å²) < 4.78 is 0. The van der Waals surface area contributed by atoms with Crippen molar-refractivity contribution in [3.05, 3.63) is 16.8 Å². The van der Waals surface area contributed by atoms with Crippen molar-refractivity contribution in [2.24, 2.45) is 0 Å². The highest BCUT2D eigenvalue weighted by Crippen LogP contribution is 2.20. The zero-order valence-corrected chi connectivity index (χ0v) is 8.36. The molecule has 0 spiro atoms. The van der Waals surface area contributed by atoms with E-state index in [9.17, 15) is 0 Å². The normalized spacial score (nSPS) is 9.69. The van der Waals surface area contributed by atoms with Gasteiger partial charge in [0.25, 0.3) is 0 Å². The van der Waals surface area contributed by atoms with Gasteiger partial charge in [0.05, 0.1) is 5.56 Å². The summed E-state index contributed by atoms with van der Waals surface area (Å²) in [6, 6.07) is 2.20. The summed E-state index contributed by atoms with van der Waals surface area (Å²) in [5.41, 5.74) is 2.85. The minimum atomic E-state index is 0.742. The minimum absolute atomic E-state index is 0.742. The molecule has 0 amide bonds. The predicted molar refractivity (Wildman–Crippen MR) is 53.8 cm³/mol. The van der Waals surface area contributed by atoms with Crippen molar-refractivity contribution in [3.63, 3.8) is 0 Å². The van der Waals surface area contributed by atoms with Crippen molar-refractivity contribution >= 4 is 5.82 Å². The molecule has 0 radical (unpaired) electrons. The quantitative estimate of drug-likeness (QED) is 0.744. The molecule has 1 heterocycles. The summed E-state index contributed by atoms with van der Waals surface area (Å²) in [7, 11) is 0. The highest BCUT2D eigenvalue weighted by atomic mass is 15.0. The van der Waals surface area contributed by atoms with E-state index in [1.54, 1.807) is 0 Å². The molecule has 0 aliphatic carbocycles. The van der Waals surface area contributed by atoms with Crippen molar-refractivity contribution in [1.82, 2.24) is 4.98 Å². The molecule has 0 fully saturated rings. The molecule has 0 bridgehead atoms. The van der Waals surface area contributed by atoms with Gasteiger partial charge in [-0.2, -0.15) is 5.26 Å². The van der Waals surface area contributed by atoms with Crippen LogP contribution in [0.3, 0.4) is 0 Å². The van der Waals surface area contributed by atoms with Crippen LogP contribution in [0.25, 0.3) is 0 Å². The summed E-state index contributed by atoms with van der Waals surface area (Å²) >= 11 is 0. The Morgan fingerprint density at radius 2 is 2.15 bits per heavy atom. The molecule has 13 heavy (non-hydrogen) atoms. The summed E-state index contributed by atoms with van der Waals surface area (Å²) in [5.74, 6) is 0.861. The molecule has 0 aliphatic heterocycles. The monoisotopic (exact) mass is 177 g/mol. The third-order valence-electron chi connectivity index (χ3n) is 2.16. The Bertz CT molecular complexity index is 331. The molecule has 1 rings (SSSR count). The van der Waals surface area contributed by atoms with Gasteiger partial charge in [-0.15, -0.1) is 0 Å². The fourth-order valence-electron chi connectivity index (χ4n) is 1.24. The number of hydrogen-bond acceptors (Lipinski definition) is 2. The van der Waals surface area contributed by atoms with Crippen molar-refractivity contribution in [2.45, 2.75) is 27.2 Å². The molecule has 0 aromatic carbocycles. The SMILES string of the molecule is CCCNc1[nH]c(C)c(C)c1C#N. The number of rotatable bonds is 3. The topological polar surface area (TPSA) is 51.6 Å². The van der Waals surface area contributed by atoms with Crippen molar-refractivity contribution in [1.29, 1.82) is 5.26 Å². The third kappa shape index (κ3) is 1.83. The summed E-state index contributed by atoms with van der Waals surface area (Å²) in [6.07, 6.45) is 1.06. The molecule has 70 valence electrons. The van der Waals surface area contributed by atoms with Gasteiger partial charge in [-0.1, -0.05) is 6.92 Å². The van der Waals surface area contributed by atoms with Gasteiger partial charge in [0.1, 0.15) is 11.9 Å². The number of nitrogens with zero attached hydrogens (tertiary/aromatic N) is 1. The predicted octanol–water partition coefficient (Wildman–Crippen LogP) is 2.33. The van der Waals surface area contributed by atoms with E-state index in [0.717, 1.165) is 35.6 Å². The molecule has 3 nitrogen and oxygen atoms in total. The third-order valence-corrected chi connectivity index (χ3v) is 2.16. The first-order valence-electron chi connectivity index (χ1n) is 4.53. The van der Waals surface area contributed by atoms with Gasteiger partial charge < -0.3 is 10.3 Å². The Morgan fingerprint density at radius 3 is 2.69 bits per heavy atom. The van der Waals surface area contributed by atoms with Crippen LogP contribution in [0.5, 0.6) is 0 Å². The lowest BCUT2D eigenvalue weighted by molar-refractivity contribution is 0.970. The molecule has 0 atom stereocenters. The van der Waals surface area contributed by atoms with Gasteiger partial charge in [0.15, 0.2) is 0 Å². The zero-order chi connectivity index (χ0) is 9.84. The maximum Gasteiger partial charge on any atom is 0.121 e. The number of aromatic nitrogens is 1. The van der Waals surface area contributed by atoms with Crippen molar-refractivity contribution < 1.29 is 0 Å². The van der Waals surface area contributed by atoms with Crippen LogP contribution in [0, 0.1) is 25.2 Å². The lowest BCUT2D eigenvalue weighted by Crippen LogP contribution is -2.01. The minimum Gasteiger partial charge on any atom is -0.371 e. The van der Waals surface area contributed by atoms with Gasteiger partial charge in [0.2, 0.25) is 0 Å². The molecular formula is C10H15N3. The van der Waals surface area contributed by atoms with Crippen LogP contribution >= 0.6 is 0 Å². The van der Waals surface area contributed by atoms with Crippen LogP contribution in [0.2, 0.25) is 0 Å². The van der Waals surface area contributed by atoms with Crippen LogP contribution in [0.15, 0.2) is 0 Å². The molecule has 0 unspecified atom stereocenters. The lowest BCUT2D eigenvalue weighted by atomic mass is 10.2. The van der Waals surface area contributed by atoms with E-state index in [1.807, 2.05) is 13.8 Å². The summed E-state index contributed by atoms with van der Waals surface area (Å²) in [5, 5.41) is 12.1. The highest BCUT2D eigenvalue weighted by Gasteiger charge is 2.09. The fourth-order valence-corrected chi connectivity index (χ4v) is 1.24. The number of nitrogens with one attached hydrogen (secondary N) is 2. The van der Waals surface area contributed by atoms with E-state index in [2.05, 4.69) is 23.3 Å². The second kappa shape index (κ2) is 3.99. The average molecular weight is 177 g/mol. The van der Waals surface area contributed by atoms with E-state index < -0.39 is 0 Å². The Labute approximate surface area is 78.8 Å². The smallest absolute Gasteiger partial charge is 0.121 e. The molecule has 1 aromatic heterocycles. The molecule has 0 aliphatic rings. The molecular weight excluding hydrogens is 162 g/mol. The largest absolute Gasteiger partial charge is 0.371 e. The number of aromatic amines is 1. The van der Waals surface area contributed by atoms with Crippen LogP contribution < -0.4 is 5.32 Å². The van der Waals surface area contributed by atoms with E-state index in [0.29, 0.717) is 0 Å². The molecule has 0 saturated heterocycles. The van der Waals surface area contributed by atoms with Gasteiger partial charge in [-0.25, -0.2) is 0 Å². The molecule has 3 heteroatoms. The number of H-pyrrole nitrogens is 1. The first-order chi connectivity index (χ1) is 6.20. The second-order valence-corrected chi connectivity index (χ2v) is 3.16. The fraction of sp³-hybridized carbons (Fsp3) is 0.500. The molecule has 1 aromatic rings. The molecule has 0 saturated carbocycles. The Balaban J connectivity index is 2.94. The second-order valence-electron chi connectivity index (χ2n) is 3.16. The maximum absolute atomic E-state index is 8.90.